The van der Waals surface area contributed by atoms with Crippen LogP contribution >= 0.6 is 0 Å². The molecule has 2 heterocycles. The second kappa shape index (κ2) is 6.92. The van der Waals surface area contributed by atoms with Gasteiger partial charge in [-0.1, -0.05) is 6.92 Å². The van der Waals surface area contributed by atoms with Crippen LogP contribution in [0.1, 0.15) is 39.5 Å². The van der Waals surface area contributed by atoms with Crippen molar-refractivity contribution in [1.29, 1.82) is 0 Å². The normalized spacial score (nSPS) is 24.8. The van der Waals surface area contributed by atoms with Crippen molar-refractivity contribution in [1.82, 2.24) is 20.0 Å². The third-order valence-corrected chi connectivity index (χ3v) is 5.90. The number of amides is 4. The second-order valence-corrected chi connectivity index (χ2v) is 7.87. The number of nitrogens with zero attached hydrogens (tertiary/aromatic N) is 3. The van der Waals surface area contributed by atoms with Crippen LogP contribution in [0, 0.1) is 5.92 Å². The minimum Gasteiger partial charge on any atom is -0.324 e. The minimum atomic E-state index is -0.823. The average molecular weight is 383 g/mol. The van der Waals surface area contributed by atoms with E-state index in [1.165, 1.54) is 0 Å². The average Bonchev–Trinajstić information content (AvgIpc) is 3.18. The molecule has 0 unspecified atom stereocenters. The molecule has 0 radical (unpaired) electrons. The van der Waals surface area contributed by atoms with Crippen molar-refractivity contribution in [3.05, 3.63) is 24.4 Å². The molecule has 1 saturated heterocycles. The second-order valence-electron chi connectivity index (χ2n) is 7.87. The van der Waals surface area contributed by atoms with E-state index in [1.54, 1.807) is 12.3 Å². The van der Waals surface area contributed by atoms with E-state index in [0.29, 0.717) is 24.4 Å². The molecule has 8 nitrogen and oxygen atoms in total. The Morgan fingerprint density at radius 2 is 2.07 bits per heavy atom. The number of rotatable bonds is 4. The molecule has 8 heteroatoms. The van der Waals surface area contributed by atoms with E-state index < -0.39 is 17.5 Å². The molecule has 2 aliphatic rings. The molecule has 2 N–H and O–H groups in total. The van der Waals surface area contributed by atoms with Crippen molar-refractivity contribution in [2.45, 2.75) is 51.6 Å². The van der Waals surface area contributed by atoms with E-state index >= 15 is 0 Å². The van der Waals surface area contributed by atoms with Gasteiger partial charge in [-0.15, -0.1) is 0 Å². The molecule has 1 aromatic carbocycles. The fourth-order valence-corrected chi connectivity index (χ4v) is 4.16. The molecule has 0 atom stereocenters. The first-order valence-electron chi connectivity index (χ1n) is 9.81. The van der Waals surface area contributed by atoms with Crippen molar-refractivity contribution < 1.29 is 14.4 Å². The quantitative estimate of drug-likeness (QED) is 0.793. The molecule has 4 rings (SSSR count). The topological polar surface area (TPSA) is 96.3 Å². The first kappa shape index (κ1) is 18.5. The lowest BCUT2D eigenvalue weighted by molar-refractivity contribution is -0.135. The van der Waals surface area contributed by atoms with Crippen LogP contribution in [-0.2, 0) is 16.1 Å². The summed E-state index contributed by atoms with van der Waals surface area (Å²) in [5.41, 5.74) is 0.711. The molecular weight excluding hydrogens is 358 g/mol. The molecule has 1 aliphatic carbocycles. The lowest BCUT2D eigenvalue weighted by atomic mass is 9.77. The zero-order valence-electron chi connectivity index (χ0n) is 16.2. The lowest BCUT2D eigenvalue weighted by Crippen LogP contribution is -2.49. The smallest absolute Gasteiger partial charge is 0.324 e. The van der Waals surface area contributed by atoms with E-state index in [2.05, 4.69) is 22.7 Å². The molecule has 28 heavy (non-hydrogen) atoms. The Balaban J connectivity index is 1.45. The van der Waals surface area contributed by atoms with Crippen LogP contribution < -0.4 is 10.6 Å². The number of benzene rings is 1. The predicted molar refractivity (Wildman–Crippen MR) is 105 cm³/mol. The summed E-state index contributed by atoms with van der Waals surface area (Å²) in [5.74, 6) is -0.121. The van der Waals surface area contributed by atoms with E-state index in [9.17, 15) is 14.4 Å². The first-order valence-corrected chi connectivity index (χ1v) is 9.81. The van der Waals surface area contributed by atoms with Crippen molar-refractivity contribution in [2.24, 2.45) is 5.92 Å². The molecule has 2 fully saturated rings. The number of aryl methyl sites for hydroxylation is 1. The van der Waals surface area contributed by atoms with Gasteiger partial charge in [0.05, 0.1) is 11.7 Å². The van der Waals surface area contributed by atoms with Crippen molar-refractivity contribution in [3.8, 4) is 0 Å². The maximum atomic E-state index is 12.9. The summed E-state index contributed by atoms with van der Waals surface area (Å²) in [6.07, 6.45) is 4.85. The molecule has 1 spiro atoms. The lowest BCUT2D eigenvalue weighted by Gasteiger charge is -2.33. The third kappa shape index (κ3) is 3.12. The van der Waals surface area contributed by atoms with Gasteiger partial charge in [0.25, 0.3) is 5.91 Å². The van der Waals surface area contributed by atoms with Gasteiger partial charge in [-0.3, -0.25) is 19.2 Å². The largest absolute Gasteiger partial charge is 0.325 e. The van der Waals surface area contributed by atoms with E-state index in [0.717, 1.165) is 35.2 Å². The van der Waals surface area contributed by atoms with Crippen LogP contribution in [0.25, 0.3) is 10.9 Å². The predicted octanol–water partition coefficient (Wildman–Crippen LogP) is 2.50. The maximum absolute atomic E-state index is 12.9. The van der Waals surface area contributed by atoms with Gasteiger partial charge < -0.3 is 10.6 Å². The summed E-state index contributed by atoms with van der Waals surface area (Å²) in [6.45, 7) is 4.59. The fourth-order valence-electron chi connectivity index (χ4n) is 4.16. The van der Waals surface area contributed by atoms with Crippen LogP contribution in [-0.4, -0.2) is 44.6 Å². The van der Waals surface area contributed by atoms with Gasteiger partial charge in [-0.2, -0.15) is 5.10 Å². The minimum absolute atomic E-state index is 0.279. The fraction of sp³-hybridized carbons (Fsp3) is 0.500. The summed E-state index contributed by atoms with van der Waals surface area (Å²) in [7, 11) is 0. The Hall–Kier alpha value is -2.90. The van der Waals surface area contributed by atoms with Crippen LogP contribution in [0.3, 0.4) is 0 Å². The van der Waals surface area contributed by atoms with Crippen LogP contribution in [0.5, 0.6) is 0 Å². The summed E-state index contributed by atoms with van der Waals surface area (Å²) in [6, 6.07) is 5.04. The Morgan fingerprint density at radius 1 is 1.32 bits per heavy atom. The molecule has 148 valence electrons. The monoisotopic (exact) mass is 383 g/mol. The Morgan fingerprint density at radius 3 is 2.79 bits per heavy atom. The summed E-state index contributed by atoms with van der Waals surface area (Å²) < 4.78 is 1.84. The van der Waals surface area contributed by atoms with Gasteiger partial charge in [-0.05, 0) is 56.7 Å². The number of hydrogen-bond donors (Lipinski definition) is 2. The number of imide groups is 1. The van der Waals surface area contributed by atoms with Crippen molar-refractivity contribution in [2.75, 3.05) is 11.9 Å². The number of urea groups is 1. The summed E-state index contributed by atoms with van der Waals surface area (Å²) >= 11 is 0. The van der Waals surface area contributed by atoms with Crippen LogP contribution in [0.4, 0.5) is 10.5 Å². The highest BCUT2D eigenvalue weighted by molar-refractivity contribution is 6.10. The van der Waals surface area contributed by atoms with Gasteiger partial charge in [0, 0.05) is 17.6 Å². The zero-order valence-corrected chi connectivity index (χ0v) is 16.2. The number of fused-ring (bicyclic) bond motifs is 1. The highest BCUT2D eigenvalue weighted by atomic mass is 16.2. The standard InChI is InChI=1S/C20H25N5O3/c1-3-25-16-10-15(5-4-14(16)11-21-25)22-17(26)12-24-18(27)20(23-19(24)28)8-6-13(2)7-9-20/h4-5,10-11,13H,3,6-9,12H2,1-2H3,(H,22,26)(H,23,28). The Labute approximate surface area is 163 Å². The number of carbonyl (C=O) groups excluding carboxylic acids is 3. The number of anilines is 1. The molecule has 1 saturated carbocycles. The van der Waals surface area contributed by atoms with Gasteiger partial charge in [0.2, 0.25) is 5.91 Å². The van der Waals surface area contributed by atoms with Crippen LogP contribution in [0.2, 0.25) is 0 Å². The van der Waals surface area contributed by atoms with Gasteiger partial charge in [0.15, 0.2) is 0 Å². The number of hydrogen-bond acceptors (Lipinski definition) is 4. The number of carbonyl (C=O) groups is 3. The maximum Gasteiger partial charge on any atom is 0.325 e. The highest BCUT2D eigenvalue weighted by Gasteiger charge is 2.52. The Kier molecular flexibility index (Phi) is 4.56. The van der Waals surface area contributed by atoms with Gasteiger partial charge >= 0.3 is 6.03 Å². The van der Waals surface area contributed by atoms with Crippen molar-refractivity contribution in [3.63, 3.8) is 0 Å². The third-order valence-electron chi connectivity index (χ3n) is 5.90. The van der Waals surface area contributed by atoms with Crippen molar-refractivity contribution >= 4 is 34.4 Å². The number of aromatic nitrogens is 2. The van der Waals surface area contributed by atoms with Gasteiger partial charge in [-0.25, -0.2) is 4.79 Å². The Bertz CT molecular complexity index is 942. The van der Waals surface area contributed by atoms with E-state index in [4.69, 9.17) is 0 Å². The first-order chi connectivity index (χ1) is 13.4. The number of nitrogens with one attached hydrogen (secondary N) is 2. The molecular formula is C20H25N5O3. The highest BCUT2D eigenvalue weighted by Crippen LogP contribution is 2.36. The summed E-state index contributed by atoms with van der Waals surface area (Å²) in [4.78, 5) is 38.8. The molecule has 2 aromatic rings. The molecule has 1 aromatic heterocycles. The SMILES string of the molecule is CCn1ncc2ccc(NC(=O)CN3C(=O)NC4(CCC(C)CC4)C3=O)cc21. The molecule has 1 aliphatic heterocycles. The molecule has 4 amide bonds. The van der Waals surface area contributed by atoms with E-state index in [1.807, 2.05) is 23.7 Å². The van der Waals surface area contributed by atoms with Crippen LogP contribution in [0.15, 0.2) is 24.4 Å². The summed E-state index contributed by atoms with van der Waals surface area (Å²) in [5, 5.41) is 10.9. The van der Waals surface area contributed by atoms with E-state index in [-0.39, 0.29) is 12.5 Å². The van der Waals surface area contributed by atoms with Gasteiger partial charge in [0.1, 0.15) is 12.1 Å². The zero-order chi connectivity index (χ0) is 19.9. The molecule has 0 bridgehead atoms.